The van der Waals surface area contributed by atoms with Gasteiger partial charge in [-0.1, -0.05) is 6.92 Å². The van der Waals surface area contributed by atoms with Crippen LogP contribution in [0, 0.1) is 0 Å². The number of rotatable bonds is 5. The molecular weight excluding hydrogens is 260 g/mol. The van der Waals surface area contributed by atoms with Gasteiger partial charge in [0.15, 0.2) is 4.34 Å². The molecule has 2 aromatic rings. The van der Waals surface area contributed by atoms with Crippen molar-refractivity contribution in [3.05, 3.63) is 6.33 Å². The number of anilines is 1. The fourth-order valence-corrected chi connectivity index (χ4v) is 2.24. The molecule has 0 unspecified atom stereocenters. The van der Waals surface area contributed by atoms with Gasteiger partial charge in [-0.15, -0.1) is 0 Å². The van der Waals surface area contributed by atoms with E-state index in [9.17, 15) is 0 Å². The van der Waals surface area contributed by atoms with Gasteiger partial charge in [-0.25, -0.2) is 4.98 Å². The fourth-order valence-electron chi connectivity index (χ4n) is 0.942. The topological polar surface area (TPSA) is 99.7 Å². The van der Waals surface area contributed by atoms with Gasteiger partial charge in [0, 0.05) is 0 Å². The normalized spacial score (nSPS) is 10.4. The van der Waals surface area contributed by atoms with Gasteiger partial charge in [0.1, 0.15) is 6.33 Å². The van der Waals surface area contributed by atoms with Gasteiger partial charge < -0.3 is 10.5 Å². The molecule has 2 heterocycles. The average molecular weight is 270 g/mol. The molecule has 2 aromatic heterocycles. The molecule has 2 rings (SSSR count). The summed E-state index contributed by atoms with van der Waals surface area (Å²) < 4.78 is 9.94. The van der Waals surface area contributed by atoms with Gasteiger partial charge in [0.05, 0.1) is 6.61 Å². The van der Waals surface area contributed by atoms with Crippen molar-refractivity contribution in [3.63, 3.8) is 0 Å². The van der Waals surface area contributed by atoms with Crippen LogP contribution in [-0.2, 0) is 0 Å². The molecule has 0 spiro atoms. The molecule has 2 N–H and O–H groups in total. The lowest BCUT2D eigenvalue weighted by Crippen LogP contribution is -2.05. The summed E-state index contributed by atoms with van der Waals surface area (Å²) in [6, 6.07) is 0.242. The number of aromatic nitrogens is 5. The van der Waals surface area contributed by atoms with E-state index in [2.05, 4.69) is 24.3 Å². The van der Waals surface area contributed by atoms with E-state index in [-0.39, 0.29) is 12.0 Å². The molecule has 0 aliphatic carbocycles. The summed E-state index contributed by atoms with van der Waals surface area (Å²) >= 11 is 2.55. The summed E-state index contributed by atoms with van der Waals surface area (Å²) in [5.41, 5.74) is 5.57. The summed E-state index contributed by atoms with van der Waals surface area (Å²) in [6.07, 6.45) is 2.36. The van der Waals surface area contributed by atoms with E-state index in [1.807, 2.05) is 6.92 Å². The standard InChI is InChI=1S/C8H10N6OS2/c1-2-3-15-6-12-5(9)13-7(14-6)16-8-10-4-11-17-8/h4H,2-3H2,1H3,(H2,9,12,13,14). The molecule has 0 fully saturated rings. The second-order valence-corrected chi connectivity index (χ2v) is 4.91. The summed E-state index contributed by atoms with van der Waals surface area (Å²) in [6.45, 7) is 2.55. The van der Waals surface area contributed by atoms with Crippen LogP contribution in [0.3, 0.4) is 0 Å². The molecule has 90 valence electrons. The Kier molecular flexibility index (Phi) is 4.04. The predicted octanol–water partition coefficient (Wildman–Crippen LogP) is 1.25. The third kappa shape index (κ3) is 3.49. The number of nitrogen functional groups attached to an aromatic ring is 1. The van der Waals surface area contributed by atoms with Crippen molar-refractivity contribution < 1.29 is 4.74 Å². The van der Waals surface area contributed by atoms with Gasteiger partial charge in [-0.2, -0.15) is 19.3 Å². The van der Waals surface area contributed by atoms with Crippen LogP contribution in [0.1, 0.15) is 13.3 Å². The molecule has 0 aliphatic heterocycles. The monoisotopic (exact) mass is 270 g/mol. The van der Waals surface area contributed by atoms with Crippen LogP contribution in [0.25, 0.3) is 0 Å². The number of ether oxygens (including phenoxy) is 1. The zero-order chi connectivity index (χ0) is 12.1. The first-order chi connectivity index (χ1) is 8.28. The zero-order valence-electron chi connectivity index (χ0n) is 9.03. The first-order valence-electron chi connectivity index (χ1n) is 4.87. The van der Waals surface area contributed by atoms with E-state index in [0.717, 1.165) is 10.8 Å². The van der Waals surface area contributed by atoms with Crippen LogP contribution in [-0.4, -0.2) is 30.9 Å². The Balaban J connectivity index is 2.13. The summed E-state index contributed by atoms with van der Waals surface area (Å²) in [5.74, 6) is 0.137. The molecular formula is C8H10N6OS2. The number of hydrogen-bond donors (Lipinski definition) is 1. The van der Waals surface area contributed by atoms with Crippen LogP contribution in [0.2, 0.25) is 0 Å². The first-order valence-corrected chi connectivity index (χ1v) is 6.46. The zero-order valence-corrected chi connectivity index (χ0v) is 10.7. The molecule has 0 bridgehead atoms. The molecule has 0 saturated heterocycles. The van der Waals surface area contributed by atoms with Crippen LogP contribution in [0.15, 0.2) is 15.8 Å². The summed E-state index contributed by atoms with van der Waals surface area (Å²) in [7, 11) is 0. The smallest absolute Gasteiger partial charge is 0.322 e. The third-order valence-electron chi connectivity index (χ3n) is 1.57. The number of nitrogens with zero attached hydrogens (tertiary/aromatic N) is 5. The van der Waals surface area contributed by atoms with Gasteiger partial charge in [-0.05, 0) is 29.7 Å². The minimum Gasteiger partial charge on any atom is -0.463 e. The van der Waals surface area contributed by atoms with E-state index >= 15 is 0 Å². The highest BCUT2D eigenvalue weighted by Gasteiger charge is 2.08. The first kappa shape index (κ1) is 12.0. The van der Waals surface area contributed by atoms with Crippen molar-refractivity contribution in [2.45, 2.75) is 22.8 Å². The molecule has 0 saturated carbocycles. The number of nitrogens with two attached hydrogens (primary N) is 1. The fraction of sp³-hybridized carbons (Fsp3) is 0.375. The minimum absolute atomic E-state index is 0.137. The maximum Gasteiger partial charge on any atom is 0.322 e. The highest BCUT2D eigenvalue weighted by Crippen LogP contribution is 2.26. The van der Waals surface area contributed by atoms with E-state index in [0.29, 0.717) is 11.8 Å². The van der Waals surface area contributed by atoms with Crippen LogP contribution < -0.4 is 10.5 Å². The molecule has 0 atom stereocenters. The summed E-state index contributed by atoms with van der Waals surface area (Å²) in [5, 5.41) is 0.459. The molecule has 17 heavy (non-hydrogen) atoms. The highest BCUT2D eigenvalue weighted by atomic mass is 32.2. The lowest BCUT2D eigenvalue weighted by atomic mass is 10.5. The van der Waals surface area contributed by atoms with E-state index in [1.54, 1.807) is 0 Å². The Bertz CT molecular complexity index is 477. The van der Waals surface area contributed by atoms with Crippen molar-refractivity contribution in [2.75, 3.05) is 12.3 Å². The Morgan fingerprint density at radius 3 is 3.00 bits per heavy atom. The lowest BCUT2D eigenvalue weighted by molar-refractivity contribution is 0.288. The molecule has 0 amide bonds. The molecule has 7 nitrogen and oxygen atoms in total. The largest absolute Gasteiger partial charge is 0.463 e. The van der Waals surface area contributed by atoms with Gasteiger partial charge in [0.2, 0.25) is 11.1 Å². The average Bonchev–Trinajstić information content (AvgIpc) is 2.78. The maximum atomic E-state index is 5.57. The van der Waals surface area contributed by atoms with Crippen LogP contribution in [0.5, 0.6) is 6.01 Å². The predicted molar refractivity (Wildman–Crippen MR) is 64.1 cm³/mol. The maximum absolute atomic E-state index is 5.57. The highest BCUT2D eigenvalue weighted by molar-refractivity contribution is 8.00. The third-order valence-corrected chi connectivity index (χ3v) is 3.15. The van der Waals surface area contributed by atoms with E-state index < -0.39 is 0 Å². The van der Waals surface area contributed by atoms with Gasteiger partial charge >= 0.3 is 6.01 Å². The second-order valence-electron chi connectivity index (χ2n) is 2.92. The summed E-state index contributed by atoms with van der Waals surface area (Å²) in [4.78, 5) is 16.0. The Morgan fingerprint density at radius 2 is 2.29 bits per heavy atom. The molecule has 0 aliphatic rings. The number of hydrogen-bond acceptors (Lipinski definition) is 9. The van der Waals surface area contributed by atoms with Crippen LogP contribution >= 0.6 is 23.3 Å². The molecule has 0 aromatic carbocycles. The minimum atomic E-state index is 0.137. The Hall–Kier alpha value is -1.48. The molecule has 0 radical (unpaired) electrons. The molecule has 9 heteroatoms. The van der Waals surface area contributed by atoms with Crippen molar-refractivity contribution >= 4 is 29.2 Å². The van der Waals surface area contributed by atoms with Crippen LogP contribution in [0.4, 0.5) is 5.95 Å². The Morgan fingerprint density at radius 1 is 1.41 bits per heavy atom. The van der Waals surface area contributed by atoms with Crippen molar-refractivity contribution in [1.82, 2.24) is 24.3 Å². The van der Waals surface area contributed by atoms with E-state index in [1.165, 1.54) is 29.6 Å². The Labute approximate surface area is 106 Å². The lowest BCUT2D eigenvalue weighted by Gasteiger charge is -2.03. The SMILES string of the molecule is CCCOc1nc(N)nc(Sc2ncns2)n1. The van der Waals surface area contributed by atoms with Gasteiger partial charge in [-0.3, -0.25) is 0 Å². The quantitative estimate of drug-likeness (QED) is 0.866. The second kappa shape index (κ2) is 5.73. The van der Waals surface area contributed by atoms with E-state index in [4.69, 9.17) is 10.5 Å². The van der Waals surface area contributed by atoms with Crippen molar-refractivity contribution in [3.8, 4) is 6.01 Å². The van der Waals surface area contributed by atoms with Crippen molar-refractivity contribution in [1.29, 1.82) is 0 Å². The van der Waals surface area contributed by atoms with Gasteiger partial charge in [0.25, 0.3) is 0 Å². The van der Waals surface area contributed by atoms with Crippen molar-refractivity contribution in [2.24, 2.45) is 0 Å².